The van der Waals surface area contributed by atoms with Crippen LogP contribution in [0.5, 0.6) is 5.75 Å². The molecular weight excluding hydrogens is 513 g/mol. The summed E-state index contributed by atoms with van der Waals surface area (Å²) in [4.78, 5) is 39.2. The third-order valence-electron chi connectivity index (χ3n) is 7.04. The van der Waals surface area contributed by atoms with Crippen molar-refractivity contribution in [3.63, 3.8) is 0 Å². The molecule has 1 fully saturated rings. The molecule has 202 valence electrons. The van der Waals surface area contributed by atoms with Gasteiger partial charge in [0.2, 0.25) is 0 Å². The smallest absolute Gasteiger partial charge is 0.336 e. The Labute approximate surface area is 225 Å². The van der Waals surface area contributed by atoms with E-state index in [9.17, 15) is 23.9 Å². The summed E-state index contributed by atoms with van der Waals surface area (Å²) in [7, 11) is 0. The number of likely N-dealkylation sites (tertiary alicyclic amines) is 1. The van der Waals surface area contributed by atoms with Gasteiger partial charge in [0.25, 0.3) is 5.91 Å². The molecule has 1 aliphatic rings. The molecule has 1 N–H and O–H groups in total. The van der Waals surface area contributed by atoms with Crippen molar-refractivity contribution >= 4 is 34.4 Å². The SMILES string of the molecule is C[C@@H](Oc1ccc2c(-c3ccc(F)cc3Cl)cc(=O)oc2c1)C(=O)N1CCC[C@H](C(C(=O)O)C(C)(C)C)C1. The first kappa shape index (κ1) is 27.6. The van der Waals surface area contributed by atoms with Crippen LogP contribution in [0.3, 0.4) is 0 Å². The van der Waals surface area contributed by atoms with Gasteiger partial charge in [0.15, 0.2) is 6.10 Å². The Balaban J connectivity index is 1.54. The van der Waals surface area contributed by atoms with E-state index in [2.05, 4.69) is 0 Å². The molecule has 0 bridgehead atoms. The summed E-state index contributed by atoms with van der Waals surface area (Å²) >= 11 is 6.23. The number of carboxylic acid groups (broad SMARTS) is 1. The third-order valence-corrected chi connectivity index (χ3v) is 7.35. The molecule has 38 heavy (non-hydrogen) atoms. The van der Waals surface area contributed by atoms with Gasteiger partial charge in [-0.15, -0.1) is 0 Å². The van der Waals surface area contributed by atoms with Gasteiger partial charge in [-0.3, -0.25) is 9.59 Å². The number of fused-ring (bicyclic) bond motifs is 1. The lowest BCUT2D eigenvalue weighted by atomic mass is 9.70. The Kier molecular flexibility index (Phi) is 7.83. The van der Waals surface area contributed by atoms with Crippen LogP contribution >= 0.6 is 11.6 Å². The Hall–Kier alpha value is -3.39. The molecule has 2 aromatic carbocycles. The van der Waals surface area contributed by atoms with Gasteiger partial charge < -0.3 is 19.2 Å². The number of piperidine rings is 1. The fraction of sp³-hybridized carbons (Fsp3) is 0.414. The van der Waals surface area contributed by atoms with Gasteiger partial charge in [-0.25, -0.2) is 9.18 Å². The fourth-order valence-corrected chi connectivity index (χ4v) is 5.69. The number of hydrogen-bond donors (Lipinski definition) is 1. The summed E-state index contributed by atoms with van der Waals surface area (Å²) in [6.07, 6.45) is 0.626. The molecule has 2 heterocycles. The van der Waals surface area contributed by atoms with E-state index >= 15 is 0 Å². The Morgan fingerprint density at radius 3 is 2.55 bits per heavy atom. The molecule has 9 heteroatoms. The van der Waals surface area contributed by atoms with E-state index in [1.165, 1.54) is 30.3 Å². The van der Waals surface area contributed by atoms with Crippen molar-refractivity contribution in [1.82, 2.24) is 4.90 Å². The quantitative estimate of drug-likeness (QED) is 0.383. The molecule has 1 unspecified atom stereocenters. The molecule has 0 spiro atoms. The zero-order valence-electron chi connectivity index (χ0n) is 21.8. The van der Waals surface area contributed by atoms with Gasteiger partial charge in [-0.1, -0.05) is 32.4 Å². The number of hydrogen-bond acceptors (Lipinski definition) is 5. The van der Waals surface area contributed by atoms with Crippen LogP contribution in [0, 0.1) is 23.1 Å². The summed E-state index contributed by atoms with van der Waals surface area (Å²) in [5.41, 5.74) is 0.162. The van der Waals surface area contributed by atoms with Crippen LogP contribution in [0.25, 0.3) is 22.1 Å². The molecular formula is C29H31ClFNO6. The minimum atomic E-state index is -0.847. The second kappa shape index (κ2) is 10.8. The van der Waals surface area contributed by atoms with E-state index in [0.29, 0.717) is 35.4 Å². The summed E-state index contributed by atoms with van der Waals surface area (Å²) in [5, 5.41) is 10.6. The van der Waals surface area contributed by atoms with Crippen molar-refractivity contribution in [3.8, 4) is 16.9 Å². The zero-order chi connectivity index (χ0) is 27.8. The number of aliphatic carboxylic acids is 1. The number of halogens is 2. The average molecular weight is 544 g/mol. The number of carbonyl (C=O) groups excluding carboxylic acids is 1. The maximum Gasteiger partial charge on any atom is 0.336 e. The van der Waals surface area contributed by atoms with Crippen LogP contribution in [0.2, 0.25) is 5.02 Å². The van der Waals surface area contributed by atoms with Crippen LogP contribution in [-0.4, -0.2) is 41.1 Å². The van der Waals surface area contributed by atoms with Gasteiger partial charge in [0.1, 0.15) is 17.1 Å². The lowest BCUT2D eigenvalue weighted by Gasteiger charge is -2.40. The van der Waals surface area contributed by atoms with E-state index in [1.807, 2.05) is 20.8 Å². The van der Waals surface area contributed by atoms with Crippen molar-refractivity contribution in [2.75, 3.05) is 13.1 Å². The standard InChI is InChI=1S/C29H31ClFNO6/c1-16(27(34)32-11-5-6-17(15-32)26(28(35)36)29(2,3)4)37-19-8-10-21-22(14-25(33)38-24(21)13-19)20-9-7-18(31)12-23(20)30/h7-10,12-14,16-17,26H,5-6,11,15H2,1-4H3,(H,35,36)/t16-,17+,26?/m1/s1. The van der Waals surface area contributed by atoms with Gasteiger partial charge in [0.05, 0.1) is 10.9 Å². The molecule has 3 aromatic rings. The van der Waals surface area contributed by atoms with E-state index in [0.717, 1.165) is 12.8 Å². The average Bonchev–Trinajstić information content (AvgIpc) is 2.82. The van der Waals surface area contributed by atoms with Crippen molar-refractivity contribution in [2.45, 2.75) is 46.6 Å². The van der Waals surface area contributed by atoms with E-state index < -0.39 is 34.8 Å². The predicted octanol–water partition coefficient (Wildman–Crippen LogP) is 6.01. The monoisotopic (exact) mass is 543 g/mol. The fourth-order valence-electron chi connectivity index (χ4n) is 5.42. The zero-order valence-corrected chi connectivity index (χ0v) is 22.5. The molecule has 1 amide bonds. The summed E-state index contributed by atoms with van der Waals surface area (Å²) in [6.45, 7) is 8.26. The van der Waals surface area contributed by atoms with Gasteiger partial charge in [-0.05, 0) is 61.4 Å². The molecule has 0 radical (unpaired) electrons. The summed E-state index contributed by atoms with van der Waals surface area (Å²) in [5.74, 6) is -1.96. The minimum absolute atomic E-state index is 0.149. The van der Waals surface area contributed by atoms with Crippen LogP contribution in [0.15, 0.2) is 51.7 Å². The Morgan fingerprint density at radius 2 is 1.89 bits per heavy atom. The van der Waals surface area contributed by atoms with E-state index in [1.54, 1.807) is 24.0 Å². The highest BCUT2D eigenvalue weighted by Crippen LogP contribution is 2.38. The minimum Gasteiger partial charge on any atom is -0.481 e. The first-order valence-corrected chi connectivity index (χ1v) is 12.9. The number of nitrogens with zero attached hydrogens (tertiary/aromatic N) is 1. The number of benzene rings is 2. The highest BCUT2D eigenvalue weighted by molar-refractivity contribution is 6.33. The Morgan fingerprint density at radius 1 is 1.16 bits per heavy atom. The number of carbonyl (C=O) groups is 2. The van der Waals surface area contributed by atoms with E-state index in [4.69, 9.17) is 20.8 Å². The molecule has 1 aliphatic heterocycles. The third kappa shape index (κ3) is 5.85. The molecule has 1 saturated heterocycles. The summed E-state index contributed by atoms with van der Waals surface area (Å²) < 4.78 is 24.8. The second-order valence-corrected chi connectivity index (χ2v) is 11.3. The highest BCUT2D eigenvalue weighted by Gasteiger charge is 2.41. The summed E-state index contributed by atoms with van der Waals surface area (Å²) in [6, 6.07) is 10.1. The predicted molar refractivity (Wildman–Crippen MR) is 143 cm³/mol. The van der Waals surface area contributed by atoms with Crippen molar-refractivity contribution in [1.29, 1.82) is 0 Å². The normalized spacial score (nSPS) is 17.7. The number of rotatable bonds is 6. The van der Waals surface area contributed by atoms with Gasteiger partial charge >= 0.3 is 11.6 Å². The first-order valence-electron chi connectivity index (χ1n) is 12.6. The highest BCUT2D eigenvalue weighted by atomic mass is 35.5. The molecule has 3 atom stereocenters. The van der Waals surface area contributed by atoms with Crippen LogP contribution < -0.4 is 10.4 Å². The second-order valence-electron chi connectivity index (χ2n) is 10.9. The molecule has 0 aliphatic carbocycles. The van der Waals surface area contributed by atoms with Crippen molar-refractivity contribution in [3.05, 3.63) is 63.7 Å². The van der Waals surface area contributed by atoms with Gasteiger partial charge in [-0.2, -0.15) is 0 Å². The molecule has 1 aromatic heterocycles. The first-order chi connectivity index (χ1) is 17.8. The Bertz CT molecular complexity index is 1430. The number of ether oxygens (including phenoxy) is 1. The molecule has 7 nitrogen and oxygen atoms in total. The maximum atomic E-state index is 13.5. The molecule has 0 saturated carbocycles. The number of amides is 1. The van der Waals surface area contributed by atoms with Gasteiger partial charge in [0, 0.05) is 41.7 Å². The number of carboxylic acids is 1. The lowest BCUT2D eigenvalue weighted by Crippen LogP contribution is -2.49. The van der Waals surface area contributed by atoms with Crippen LogP contribution in [-0.2, 0) is 9.59 Å². The lowest BCUT2D eigenvalue weighted by molar-refractivity contribution is -0.152. The molecule has 4 rings (SSSR count). The van der Waals surface area contributed by atoms with Crippen molar-refractivity contribution in [2.24, 2.45) is 17.3 Å². The van der Waals surface area contributed by atoms with Crippen LogP contribution in [0.4, 0.5) is 4.39 Å². The largest absolute Gasteiger partial charge is 0.481 e. The van der Waals surface area contributed by atoms with Crippen molar-refractivity contribution < 1.29 is 28.2 Å². The topological polar surface area (TPSA) is 97.0 Å². The van der Waals surface area contributed by atoms with E-state index in [-0.39, 0.29) is 22.4 Å². The maximum absolute atomic E-state index is 13.5. The van der Waals surface area contributed by atoms with Crippen LogP contribution in [0.1, 0.15) is 40.5 Å².